The third kappa shape index (κ3) is 5.28. The number of benzene rings is 2. The third-order valence-corrected chi connectivity index (χ3v) is 4.94. The smallest absolute Gasteiger partial charge is 0.175 e. The first-order valence-corrected chi connectivity index (χ1v) is 9.99. The van der Waals surface area contributed by atoms with E-state index in [1.54, 1.807) is 18.4 Å². The maximum Gasteiger partial charge on any atom is 0.175 e. The molecule has 0 saturated carbocycles. The van der Waals surface area contributed by atoms with Crippen LogP contribution >= 0.6 is 27.5 Å². The molecule has 0 radical (unpaired) electrons. The van der Waals surface area contributed by atoms with Gasteiger partial charge in [0, 0.05) is 12.1 Å². The lowest BCUT2D eigenvalue weighted by Gasteiger charge is -2.16. The van der Waals surface area contributed by atoms with Gasteiger partial charge in [0.15, 0.2) is 11.5 Å². The maximum absolute atomic E-state index is 14.0. The molecule has 0 spiro atoms. The Kier molecular flexibility index (Phi) is 7.36. The summed E-state index contributed by atoms with van der Waals surface area (Å²) in [6.45, 7) is 3.62. The van der Waals surface area contributed by atoms with E-state index in [0.29, 0.717) is 41.8 Å². The Morgan fingerprint density at radius 1 is 1.14 bits per heavy atom. The van der Waals surface area contributed by atoms with Gasteiger partial charge in [-0.05, 0) is 64.8 Å². The van der Waals surface area contributed by atoms with Crippen molar-refractivity contribution in [3.05, 3.63) is 80.9 Å². The monoisotopic (exact) mass is 467 g/mol. The average Bonchev–Trinajstić information content (AvgIpc) is 3.17. The molecule has 0 atom stereocenters. The Balaban J connectivity index is 1.73. The zero-order valence-electron chi connectivity index (χ0n) is 15.3. The summed E-state index contributed by atoms with van der Waals surface area (Å²) in [5.41, 5.74) is 1.32. The summed E-state index contributed by atoms with van der Waals surface area (Å²) < 4.78 is 31.6. The molecule has 2 aromatic carbocycles. The van der Waals surface area contributed by atoms with E-state index in [-0.39, 0.29) is 6.61 Å². The van der Waals surface area contributed by atoms with Crippen LogP contribution in [-0.2, 0) is 19.7 Å². The Morgan fingerprint density at radius 3 is 2.71 bits per heavy atom. The molecule has 28 heavy (non-hydrogen) atoms. The molecule has 148 valence electrons. The van der Waals surface area contributed by atoms with E-state index in [0.717, 1.165) is 15.8 Å². The summed E-state index contributed by atoms with van der Waals surface area (Å²) in [4.78, 5) is 0. The highest BCUT2D eigenvalue weighted by Crippen LogP contribution is 2.38. The number of ether oxygens (including phenoxy) is 2. The number of furan rings is 1. The van der Waals surface area contributed by atoms with Crippen LogP contribution in [0.25, 0.3) is 0 Å². The minimum atomic E-state index is -0.402. The van der Waals surface area contributed by atoms with E-state index < -0.39 is 5.82 Å². The van der Waals surface area contributed by atoms with Crippen LogP contribution < -0.4 is 14.8 Å². The van der Waals surface area contributed by atoms with Gasteiger partial charge in [-0.2, -0.15) is 0 Å². The molecule has 3 aromatic rings. The van der Waals surface area contributed by atoms with Crippen molar-refractivity contribution < 1.29 is 18.3 Å². The molecule has 0 aliphatic carbocycles. The SMILES string of the molecule is CCOc1cc(CNCc2ccco2)cc(Br)c1OCc1c(F)cccc1Cl. The van der Waals surface area contributed by atoms with Gasteiger partial charge < -0.3 is 19.2 Å². The minimum absolute atomic E-state index is 0.000269. The summed E-state index contributed by atoms with van der Waals surface area (Å²) in [5.74, 6) is 1.56. The average molecular weight is 469 g/mol. The van der Waals surface area contributed by atoms with E-state index in [1.165, 1.54) is 6.07 Å². The van der Waals surface area contributed by atoms with E-state index in [9.17, 15) is 4.39 Å². The Bertz CT molecular complexity index is 898. The van der Waals surface area contributed by atoms with Crippen LogP contribution in [0.4, 0.5) is 4.39 Å². The highest BCUT2D eigenvalue weighted by atomic mass is 79.9. The van der Waals surface area contributed by atoms with Gasteiger partial charge in [-0.1, -0.05) is 17.7 Å². The van der Waals surface area contributed by atoms with Crippen LogP contribution in [0, 0.1) is 5.82 Å². The van der Waals surface area contributed by atoms with Gasteiger partial charge in [-0.25, -0.2) is 4.39 Å². The quantitative estimate of drug-likeness (QED) is 0.412. The second kappa shape index (κ2) is 9.96. The molecule has 3 rings (SSSR count). The lowest BCUT2D eigenvalue weighted by Crippen LogP contribution is -2.12. The molecular weight excluding hydrogens is 449 g/mol. The molecule has 7 heteroatoms. The molecule has 1 heterocycles. The first kappa shape index (κ1) is 20.7. The number of halogens is 3. The van der Waals surface area contributed by atoms with Gasteiger partial charge in [0.2, 0.25) is 0 Å². The molecule has 0 fully saturated rings. The van der Waals surface area contributed by atoms with Gasteiger partial charge in [0.05, 0.1) is 28.9 Å². The van der Waals surface area contributed by atoms with E-state index in [4.69, 9.17) is 25.5 Å². The van der Waals surface area contributed by atoms with Gasteiger partial charge >= 0.3 is 0 Å². The number of nitrogens with one attached hydrogen (secondary N) is 1. The van der Waals surface area contributed by atoms with Crippen LogP contribution in [0.1, 0.15) is 23.8 Å². The summed E-state index contributed by atoms with van der Waals surface area (Å²) in [6.07, 6.45) is 1.65. The molecule has 0 aliphatic rings. The molecule has 1 aromatic heterocycles. The lowest BCUT2D eigenvalue weighted by atomic mass is 10.2. The minimum Gasteiger partial charge on any atom is -0.490 e. The van der Waals surface area contributed by atoms with Crippen molar-refractivity contribution in [2.45, 2.75) is 26.6 Å². The first-order valence-electron chi connectivity index (χ1n) is 8.82. The van der Waals surface area contributed by atoms with Crippen LogP contribution in [0.15, 0.2) is 57.6 Å². The van der Waals surface area contributed by atoms with Crippen molar-refractivity contribution >= 4 is 27.5 Å². The topological polar surface area (TPSA) is 43.6 Å². The predicted octanol–water partition coefficient (Wildman–Crippen LogP) is 6.10. The van der Waals surface area contributed by atoms with Crippen molar-refractivity contribution in [1.29, 1.82) is 0 Å². The molecule has 0 aliphatic heterocycles. The predicted molar refractivity (Wildman–Crippen MR) is 110 cm³/mol. The van der Waals surface area contributed by atoms with Crippen LogP contribution in [0.5, 0.6) is 11.5 Å². The van der Waals surface area contributed by atoms with E-state index in [1.807, 2.05) is 31.2 Å². The van der Waals surface area contributed by atoms with Crippen molar-refractivity contribution in [1.82, 2.24) is 5.32 Å². The molecule has 0 unspecified atom stereocenters. The Morgan fingerprint density at radius 2 is 2.00 bits per heavy atom. The van der Waals surface area contributed by atoms with E-state index in [2.05, 4.69) is 21.2 Å². The number of hydrogen-bond acceptors (Lipinski definition) is 4. The lowest BCUT2D eigenvalue weighted by molar-refractivity contribution is 0.264. The van der Waals surface area contributed by atoms with Crippen molar-refractivity contribution in [3.8, 4) is 11.5 Å². The summed E-state index contributed by atoms with van der Waals surface area (Å²) >= 11 is 9.61. The fourth-order valence-electron chi connectivity index (χ4n) is 2.68. The molecule has 0 amide bonds. The summed E-state index contributed by atoms with van der Waals surface area (Å²) in [5, 5.41) is 3.64. The van der Waals surface area contributed by atoms with Gasteiger partial charge in [0.25, 0.3) is 0 Å². The Labute approximate surface area is 176 Å². The van der Waals surface area contributed by atoms with Gasteiger partial charge in [-0.15, -0.1) is 0 Å². The van der Waals surface area contributed by atoms with Crippen molar-refractivity contribution in [3.63, 3.8) is 0 Å². The third-order valence-electron chi connectivity index (χ3n) is 4.00. The fraction of sp³-hybridized carbons (Fsp3) is 0.238. The second-order valence-corrected chi connectivity index (χ2v) is 7.27. The highest BCUT2D eigenvalue weighted by Gasteiger charge is 2.15. The molecule has 1 N–H and O–H groups in total. The van der Waals surface area contributed by atoms with E-state index >= 15 is 0 Å². The first-order chi connectivity index (χ1) is 13.6. The summed E-state index contributed by atoms with van der Waals surface area (Å²) in [6, 6.07) is 12.2. The normalized spacial score (nSPS) is 10.9. The number of rotatable bonds is 9. The molecule has 0 bridgehead atoms. The van der Waals surface area contributed by atoms with Crippen molar-refractivity contribution in [2.75, 3.05) is 6.61 Å². The fourth-order valence-corrected chi connectivity index (χ4v) is 3.51. The second-order valence-electron chi connectivity index (χ2n) is 6.01. The standard InChI is InChI=1S/C21H20BrClFNO3/c1-2-26-20-10-14(11-25-12-15-5-4-8-27-15)9-17(22)21(20)28-13-16-18(23)6-3-7-19(16)24/h3-10,25H,2,11-13H2,1H3. The van der Waals surface area contributed by atoms with Crippen LogP contribution in [0.3, 0.4) is 0 Å². The zero-order valence-corrected chi connectivity index (χ0v) is 17.6. The Hall–Kier alpha value is -2.02. The number of hydrogen-bond donors (Lipinski definition) is 1. The van der Waals surface area contributed by atoms with Gasteiger partial charge in [-0.3, -0.25) is 0 Å². The largest absolute Gasteiger partial charge is 0.490 e. The van der Waals surface area contributed by atoms with Crippen molar-refractivity contribution in [2.24, 2.45) is 0 Å². The highest BCUT2D eigenvalue weighted by molar-refractivity contribution is 9.10. The van der Waals surface area contributed by atoms with Gasteiger partial charge in [0.1, 0.15) is 18.2 Å². The molecule has 4 nitrogen and oxygen atoms in total. The summed E-state index contributed by atoms with van der Waals surface area (Å²) in [7, 11) is 0. The molecular formula is C21H20BrClFNO3. The zero-order chi connectivity index (χ0) is 19.9. The maximum atomic E-state index is 14.0. The van der Waals surface area contributed by atoms with Crippen LogP contribution in [0.2, 0.25) is 5.02 Å². The van der Waals surface area contributed by atoms with Crippen LogP contribution in [-0.4, -0.2) is 6.61 Å². The molecule has 0 saturated heterocycles.